The number of carbonyl (C=O) groups is 1. The third kappa shape index (κ3) is 2.70. The van der Waals surface area contributed by atoms with Crippen molar-refractivity contribution in [3.8, 4) is 11.1 Å². The average Bonchev–Trinajstić information content (AvgIpc) is 2.37. The fourth-order valence-corrected chi connectivity index (χ4v) is 2.42. The summed E-state index contributed by atoms with van der Waals surface area (Å²) in [6.07, 6.45) is 0. The van der Waals surface area contributed by atoms with Gasteiger partial charge in [-0.25, -0.2) is 9.18 Å². The van der Waals surface area contributed by atoms with Crippen molar-refractivity contribution < 1.29 is 19.4 Å². The Morgan fingerprint density at radius 3 is 2.20 bits per heavy atom. The number of hydrogen-bond donors (Lipinski definition) is 2. The van der Waals surface area contributed by atoms with Crippen molar-refractivity contribution in [2.24, 2.45) is 0 Å². The number of aromatic carboxylic acids is 1. The first kappa shape index (κ1) is 14.2. The van der Waals surface area contributed by atoms with Gasteiger partial charge in [-0.3, -0.25) is 0 Å². The molecule has 0 amide bonds. The SMILES string of the molecule is Cc1cc(F)cc(C)c1-c1cc(CO)cc(C(=O)O)c1. The lowest BCUT2D eigenvalue weighted by Crippen LogP contribution is -2.00. The minimum Gasteiger partial charge on any atom is -0.478 e. The standard InChI is InChI=1S/C16H15FO3/c1-9-3-14(17)4-10(2)15(9)12-5-11(8-18)6-13(7-12)16(19)20/h3-7,18H,8H2,1-2H3,(H,19,20). The number of halogens is 1. The topological polar surface area (TPSA) is 57.5 Å². The quantitative estimate of drug-likeness (QED) is 0.902. The van der Waals surface area contributed by atoms with Crippen LogP contribution < -0.4 is 0 Å². The van der Waals surface area contributed by atoms with Crippen LogP contribution in [0, 0.1) is 19.7 Å². The maximum atomic E-state index is 13.3. The zero-order valence-corrected chi connectivity index (χ0v) is 11.3. The van der Waals surface area contributed by atoms with Crippen LogP contribution in [0.3, 0.4) is 0 Å². The largest absolute Gasteiger partial charge is 0.478 e. The maximum Gasteiger partial charge on any atom is 0.335 e. The number of hydrogen-bond acceptors (Lipinski definition) is 2. The number of carboxylic acid groups (broad SMARTS) is 1. The monoisotopic (exact) mass is 274 g/mol. The highest BCUT2D eigenvalue weighted by molar-refractivity contribution is 5.90. The number of aliphatic hydroxyl groups excluding tert-OH is 1. The Labute approximate surface area is 116 Å². The third-order valence-corrected chi connectivity index (χ3v) is 3.21. The molecule has 2 aromatic carbocycles. The van der Waals surface area contributed by atoms with Crippen molar-refractivity contribution in [2.45, 2.75) is 20.5 Å². The Kier molecular flexibility index (Phi) is 3.86. The van der Waals surface area contributed by atoms with Crippen LogP contribution in [-0.2, 0) is 6.61 Å². The second-order valence-corrected chi connectivity index (χ2v) is 4.80. The highest BCUT2D eigenvalue weighted by Gasteiger charge is 2.12. The van der Waals surface area contributed by atoms with Gasteiger partial charge in [0.15, 0.2) is 0 Å². The van der Waals surface area contributed by atoms with Crippen LogP contribution in [0.15, 0.2) is 30.3 Å². The lowest BCUT2D eigenvalue weighted by atomic mass is 9.93. The van der Waals surface area contributed by atoms with E-state index in [-0.39, 0.29) is 18.0 Å². The molecule has 0 aliphatic heterocycles. The van der Waals surface area contributed by atoms with E-state index >= 15 is 0 Å². The molecule has 0 saturated carbocycles. The minimum absolute atomic E-state index is 0.106. The molecule has 0 saturated heterocycles. The molecule has 104 valence electrons. The van der Waals surface area contributed by atoms with Crippen molar-refractivity contribution in [2.75, 3.05) is 0 Å². The summed E-state index contributed by atoms with van der Waals surface area (Å²) in [4.78, 5) is 11.1. The fourth-order valence-electron chi connectivity index (χ4n) is 2.42. The molecule has 0 fully saturated rings. The Morgan fingerprint density at radius 2 is 1.70 bits per heavy atom. The van der Waals surface area contributed by atoms with Gasteiger partial charge in [-0.1, -0.05) is 0 Å². The molecule has 2 N–H and O–H groups in total. The first-order chi connectivity index (χ1) is 9.42. The van der Waals surface area contributed by atoms with Gasteiger partial charge in [0.2, 0.25) is 0 Å². The van der Waals surface area contributed by atoms with E-state index in [0.717, 1.165) is 16.7 Å². The smallest absolute Gasteiger partial charge is 0.335 e. The van der Waals surface area contributed by atoms with E-state index in [1.54, 1.807) is 19.9 Å². The lowest BCUT2D eigenvalue weighted by Gasteiger charge is -2.12. The second-order valence-electron chi connectivity index (χ2n) is 4.80. The first-order valence-electron chi connectivity index (χ1n) is 6.17. The molecular weight excluding hydrogens is 259 g/mol. The molecule has 0 heterocycles. The average molecular weight is 274 g/mol. The molecule has 20 heavy (non-hydrogen) atoms. The first-order valence-corrected chi connectivity index (χ1v) is 6.17. The molecule has 4 heteroatoms. The van der Waals surface area contributed by atoms with Gasteiger partial charge in [0.05, 0.1) is 12.2 Å². The summed E-state index contributed by atoms with van der Waals surface area (Å²) in [7, 11) is 0. The van der Waals surface area contributed by atoms with E-state index < -0.39 is 5.97 Å². The van der Waals surface area contributed by atoms with Crippen LogP contribution in [0.5, 0.6) is 0 Å². The molecule has 0 aliphatic rings. The summed E-state index contributed by atoms with van der Waals surface area (Å²) in [5.74, 6) is -1.38. The van der Waals surface area contributed by atoms with Crippen LogP contribution in [-0.4, -0.2) is 16.2 Å². The molecule has 0 spiro atoms. The lowest BCUT2D eigenvalue weighted by molar-refractivity contribution is 0.0696. The van der Waals surface area contributed by atoms with Crippen molar-refractivity contribution in [1.29, 1.82) is 0 Å². The molecule has 2 rings (SSSR count). The molecule has 0 aromatic heterocycles. The number of aliphatic hydroxyl groups is 1. The van der Waals surface area contributed by atoms with E-state index in [9.17, 15) is 14.3 Å². The fraction of sp³-hybridized carbons (Fsp3) is 0.188. The summed E-state index contributed by atoms with van der Waals surface area (Å²) in [5, 5.41) is 18.4. The molecule has 0 bridgehead atoms. The van der Waals surface area contributed by atoms with Gasteiger partial charge >= 0.3 is 5.97 Å². The normalized spacial score (nSPS) is 10.6. The molecule has 0 radical (unpaired) electrons. The van der Waals surface area contributed by atoms with Crippen molar-refractivity contribution >= 4 is 5.97 Å². The summed E-state index contributed by atoms with van der Waals surface area (Å²) in [5.41, 5.74) is 3.55. The Morgan fingerprint density at radius 1 is 1.10 bits per heavy atom. The molecule has 0 atom stereocenters. The van der Waals surface area contributed by atoms with Crippen molar-refractivity contribution in [3.63, 3.8) is 0 Å². The molecule has 2 aromatic rings. The van der Waals surface area contributed by atoms with Crippen LogP contribution in [0.2, 0.25) is 0 Å². The molecular formula is C16H15FO3. The predicted octanol–water partition coefficient (Wildman–Crippen LogP) is 3.30. The van der Waals surface area contributed by atoms with E-state index in [1.165, 1.54) is 24.3 Å². The highest BCUT2D eigenvalue weighted by atomic mass is 19.1. The Balaban J connectivity index is 2.69. The summed E-state index contributed by atoms with van der Waals surface area (Å²) >= 11 is 0. The molecule has 0 aliphatic carbocycles. The van der Waals surface area contributed by atoms with Gasteiger partial charge < -0.3 is 10.2 Å². The maximum absolute atomic E-state index is 13.3. The van der Waals surface area contributed by atoms with E-state index in [0.29, 0.717) is 11.1 Å². The molecule has 0 unspecified atom stereocenters. The van der Waals surface area contributed by atoms with Gasteiger partial charge in [-0.15, -0.1) is 0 Å². The van der Waals surface area contributed by atoms with Gasteiger partial charge in [0.25, 0.3) is 0 Å². The van der Waals surface area contributed by atoms with Gasteiger partial charge in [-0.05, 0) is 72.0 Å². The van der Waals surface area contributed by atoms with Crippen molar-refractivity contribution in [1.82, 2.24) is 0 Å². The number of aryl methyl sites for hydroxylation is 2. The third-order valence-electron chi connectivity index (χ3n) is 3.21. The number of rotatable bonds is 3. The molecule has 3 nitrogen and oxygen atoms in total. The Bertz CT molecular complexity index is 654. The zero-order chi connectivity index (χ0) is 14.9. The van der Waals surface area contributed by atoms with Crippen molar-refractivity contribution in [3.05, 3.63) is 58.4 Å². The second kappa shape index (κ2) is 5.43. The van der Waals surface area contributed by atoms with Crippen LogP contribution in [0.25, 0.3) is 11.1 Å². The van der Waals surface area contributed by atoms with E-state index in [2.05, 4.69) is 0 Å². The van der Waals surface area contributed by atoms with Crippen LogP contribution in [0.4, 0.5) is 4.39 Å². The van der Waals surface area contributed by atoms with Crippen LogP contribution in [0.1, 0.15) is 27.0 Å². The zero-order valence-electron chi connectivity index (χ0n) is 11.3. The number of carboxylic acids is 1. The highest BCUT2D eigenvalue weighted by Crippen LogP contribution is 2.30. The summed E-state index contributed by atoms with van der Waals surface area (Å²) in [6, 6.07) is 7.51. The Hall–Kier alpha value is -2.20. The van der Waals surface area contributed by atoms with Gasteiger partial charge in [0.1, 0.15) is 5.82 Å². The predicted molar refractivity (Wildman–Crippen MR) is 74.2 cm³/mol. The van der Waals surface area contributed by atoms with Crippen LogP contribution >= 0.6 is 0 Å². The minimum atomic E-state index is -1.06. The number of benzene rings is 2. The summed E-state index contributed by atoms with van der Waals surface area (Å²) in [6.45, 7) is 3.31. The summed E-state index contributed by atoms with van der Waals surface area (Å²) < 4.78 is 13.3. The van der Waals surface area contributed by atoms with E-state index in [4.69, 9.17) is 5.11 Å². The van der Waals surface area contributed by atoms with Gasteiger partial charge in [0, 0.05) is 0 Å². The van der Waals surface area contributed by atoms with Gasteiger partial charge in [-0.2, -0.15) is 0 Å². The van der Waals surface area contributed by atoms with E-state index in [1.807, 2.05) is 0 Å².